The van der Waals surface area contributed by atoms with Crippen molar-refractivity contribution in [1.29, 1.82) is 0 Å². The highest BCUT2D eigenvalue weighted by Crippen LogP contribution is 2.20. The van der Waals surface area contributed by atoms with Crippen LogP contribution in [-0.4, -0.2) is 27.8 Å². The third kappa shape index (κ3) is 8.34. The van der Waals surface area contributed by atoms with Gasteiger partial charge in [0.05, 0.1) is 12.4 Å². The van der Waals surface area contributed by atoms with Gasteiger partial charge in [-0.1, -0.05) is 96.6 Å². The largest absolute Gasteiger partial charge is 0.284 e. The summed E-state index contributed by atoms with van der Waals surface area (Å²) in [5.74, 6) is 1.59. The second kappa shape index (κ2) is 13.6. The molecule has 3 heteroatoms. The SMILES string of the molecule is CCCCC(CC)CN(CC(CC)CCCC)Cn1ccc(-c2ccccc2)n1. The molecule has 2 aromatic rings. The zero-order chi connectivity index (χ0) is 20.9. The fourth-order valence-electron chi connectivity index (χ4n) is 4.16. The van der Waals surface area contributed by atoms with Crippen LogP contribution in [0.4, 0.5) is 0 Å². The highest BCUT2D eigenvalue weighted by atomic mass is 15.4. The molecule has 2 atom stereocenters. The summed E-state index contributed by atoms with van der Waals surface area (Å²) in [6, 6.07) is 12.7. The van der Waals surface area contributed by atoms with Crippen LogP contribution in [0.1, 0.15) is 79.1 Å². The smallest absolute Gasteiger partial charge is 0.0929 e. The summed E-state index contributed by atoms with van der Waals surface area (Å²) in [6.07, 6.45) is 12.7. The van der Waals surface area contributed by atoms with Crippen LogP contribution in [0, 0.1) is 11.8 Å². The first-order valence-electron chi connectivity index (χ1n) is 12.0. The van der Waals surface area contributed by atoms with Crippen molar-refractivity contribution in [1.82, 2.24) is 14.7 Å². The van der Waals surface area contributed by atoms with E-state index in [2.05, 4.69) is 79.9 Å². The molecular formula is C26H43N3. The van der Waals surface area contributed by atoms with E-state index in [9.17, 15) is 0 Å². The molecule has 0 saturated carbocycles. The predicted molar refractivity (Wildman–Crippen MR) is 126 cm³/mol. The van der Waals surface area contributed by atoms with E-state index in [4.69, 9.17) is 5.10 Å². The lowest BCUT2D eigenvalue weighted by Gasteiger charge is -2.30. The third-order valence-electron chi connectivity index (χ3n) is 6.17. The molecule has 0 amide bonds. The fraction of sp³-hybridized carbons (Fsp3) is 0.654. The molecule has 3 nitrogen and oxygen atoms in total. The standard InChI is InChI=1S/C26H43N3/c1-5-9-14-23(7-3)20-28(21-24(8-4)15-10-6-2)22-29-19-18-26(27-29)25-16-12-11-13-17-25/h11-13,16-19,23-24H,5-10,14-15,20-22H2,1-4H3. The molecule has 1 aromatic carbocycles. The molecule has 1 heterocycles. The molecule has 0 spiro atoms. The summed E-state index contributed by atoms with van der Waals surface area (Å²) in [7, 11) is 0. The van der Waals surface area contributed by atoms with Crippen LogP contribution in [0.3, 0.4) is 0 Å². The first-order valence-corrected chi connectivity index (χ1v) is 12.0. The summed E-state index contributed by atoms with van der Waals surface area (Å²) in [4.78, 5) is 2.68. The van der Waals surface area contributed by atoms with Crippen molar-refractivity contribution < 1.29 is 0 Å². The Morgan fingerprint density at radius 2 is 1.41 bits per heavy atom. The molecule has 0 bridgehead atoms. The Morgan fingerprint density at radius 1 is 0.828 bits per heavy atom. The summed E-state index contributed by atoms with van der Waals surface area (Å²) in [5.41, 5.74) is 2.27. The van der Waals surface area contributed by atoms with Gasteiger partial charge in [-0.3, -0.25) is 9.58 Å². The van der Waals surface area contributed by atoms with E-state index in [1.165, 1.54) is 70.0 Å². The first kappa shape index (κ1) is 23.7. The van der Waals surface area contributed by atoms with Crippen LogP contribution in [0.15, 0.2) is 42.6 Å². The summed E-state index contributed by atoms with van der Waals surface area (Å²) in [6.45, 7) is 12.6. The minimum Gasteiger partial charge on any atom is -0.284 e. The maximum absolute atomic E-state index is 4.89. The lowest BCUT2D eigenvalue weighted by molar-refractivity contribution is 0.138. The number of nitrogens with zero attached hydrogens (tertiary/aromatic N) is 3. The van der Waals surface area contributed by atoms with E-state index in [1.54, 1.807) is 0 Å². The van der Waals surface area contributed by atoms with Crippen molar-refractivity contribution in [3.8, 4) is 11.3 Å². The minimum absolute atomic E-state index is 0.794. The number of benzene rings is 1. The zero-order valence-electron chi connectivity index (χ0n) is 19.3. The molecule has 162 valence electrons. The predicted octanol–water partition coefficient (Wildman–Crippen LogP) is 7.24. The number of rotatable bonds is 15. The van der Waals surface area contributed by atoms with Gasteiger partial charge in [0.15, 0.2) is 0 Å². The maximum atomic E-state index is 4.89. The number of unbranched alkanes of at least 4 members (excludes halogenated alkanes) is 2. The van der Waals surface area contributed by atoms with E-state index in [0.29, 0.717) is 0 Å². The Bertz CT molecular complexity index is 631. The van der Waals surface area contributed by atoms with Crippen LogP contribution in [0.25, 0.3) is 11.3 Å². The van der Waals surface area contributed by atoms with Gasteiger partial charge in [0.2, 0.25) is 0 Å². The van der Waals surface area contributed by atoms with E-state index in [0.717, 1.165) is 24.2 Å². The van der Waals surface area contributed by atoms with Crippen molar-refractivity contribution in [2.24, 2.45) is 11.8 Å². The normalized spacial score (nSPS) is 13.7. The molecule has 0 N–H and O–H groups in total. The molecule has 0 aliphatic heterocycles. The van der Waals surface area contributed by atoms with Gasteiger partial charge in [0.25, 0.3) is 0 Å². The lowest BCUT2D eigenvalue weighted by atomic mass is 9.96. The monoisotopic (exact) mass is 397 g/mol. The Morgan fingerprint density at radius 3 is 1.93 bits per heavy atom. The summed E-state index contributed by atoms with van der Waals surface area (Å²) in [5, 5.41) is 4.89. The topological polar surface area (TPSA) is 21.1 Å². The molecule has 1 aromatic heterocycles. The third-order valence-corrected chi connectivity index (χ3v) is 6.17. The molecule has 0 aliphatic rings. The highest BCUT2D eigenvalue weighted by molar-refractivity contribution is 5.57. The van der Waals surface area contributed by atoms with Gasteiger partial charge in [-0.15, -0.1) is 0 Å². The van der Waals surface area contributed by atoms with Crippen LogP contribution in [0.2, 0.25) is 0 Å². The van der Waals surface area contributed by atoms with Gasteiger partial charge >= 0.3 is 0 Å². The number of aromatic nitrogens is 2. The van der Waals surface area contributed by atoms with E-state index >= 15 is 0 Å². The highest BCUT2D eigenvalue weighted by Gasteiger charge is 2.18. The summed E-state index contributed by atoms with van der Waals surface area (Å²) >= 11 is 0. The van der Waals surface area contributed by atoms with Crippen molar-refractivity contribution in [2.75, 3.05) is 13.1 Å². The van der Waals surface area contributed by atoms with E-state index in [1.807, 2.05) is 0 Å². The average Bonchev–Trinajstić information content (AvgIpc) is 3.22. The van der Waals surface area contributed by atoms with Gasteiger partial charge in [-0.05, 0) is 30.7 Å². The van der Waals surface area contributed by atoms with Crippen LogP contribution >= 0.6 is 0 Å². The van der Waals surface area contributed by atoms with Gasteiger partial charge in [0.1, 0.15) is 0 Å². The van der Waals surface area contributed by atoms with Gasteiger partial charge in [0, 0.05) is 24.8 Å². The van der Waals surface area contributed by atoms with Crippen molar-refractivity contribution in [3.05, 3.63) is 42.6 Å². The van der Waals surface area contributed by atoms with Gasteiger partial charge in [-0.2, -0.15) is 5.10 Å². The second-order valence-corrected chi connectivity index (χ2v) is 8.62. The summed E-state index contributed by atoms with van der Waals surface area (Å²) < 4.78 is 2.14. The van der Waals surface area contributed by atoms with Crippen molar-refractivity contribution in [3.63, 3.8) is 0 Å². The van der Waals surface area contributed by atoms with E-state index in [-0.39, 0.29) is 0 Å². The number of hydrogen-bond donors (Lipinski definition) is 0. The average molecular weight is 398 g/mol. The van der Waals surface area contributed by atoms with E-state index < -0.39 is 0 Å². The molecule has 29 heavy (non-hydrogen) atoms. The maximum Gasteiger partial charge on any atom is 0.0929 e. The Kier molecular flexibility index (Phi) is 11.1. The Balaban J connectivity index is 2.08. The number of hydrogen-bond acceptors (Lipinski definition) is 2. The van der Waals surface area contributed by atoms with Crippen LogP contribution < -0.4 is 0 Å². The van der Waals surface area contributed by atoms with Gasteiger partial charge < -0.3 is 0 Å². The minimum atomic E-state index is 0.794. The van der Waals surface area contributed by atoms with Crippen molar-refractivity contribution in [2.45, 2.75) is 85.7 Å². The molecular weight excluding hydrogens is 354 g/mol. The van der Waals surface area contributed by atoms with Crippen LogP contribution in [0.5, 0.6) is 0 Å². The molecule has 0 aliphatic carbocycles. The van der Waals surface area contributed by atoms with Crippen molar-refractivity contribution >= 4 is 0 Å². The fourth-order valence-corrected chi connectivity index (χ4v) is 4.16. The molecule has 2 rings (SSSR count). The van der Waals surface area contributed by atoms with Gasteiger partial charge in [-0.25, -0.2) is 0 Å². The zero-order valence-corrected chi connectivity index (χ0v) is 19.3. The van der Waals surface area contributed by atoms with Crippen LogP contribution in [-0.2, 0) is 6.67 Å². The Labute approximate surface area is 179 Å². The molecule has 0 fully saturated rings. The Hall–Kier alpha value is -1.61. The second-order valence-electron chi connectivity index (χ2n) is 8.62. The molecule has 0 saturated heterocycles. The molecule has 0 radical (unpaired) electrons. The first-order chi connectivity index (χ1) is 14.2. The quantitative estimate of drug-likeness (QED) is 0.316. The lowest BCUT2D eigenvalue weighted by Crippen LogP contribution is -2.35. The molecule has 2 unspecified atom stereocenters.